The lowest BCUT2D eigenvalue weighted by atomic mass is 9.99. The number of likely N-dealkylation sites (tertiary alicyclic amines) is 1. The van der Waals surface area contributed by atoms with Crippen molar-refractivity contribution in [3.63, 3.8) is 0 Å². The summed E-state index contributed by atoms with van der Waals surface area (Å²) < 4.78 is 1.21. The number of aliphatic imine (C=N–C) groups is 1. The number of nitrogens with one attached hydrogen (secondary N) is 2. The van der Waals surface area contributed by atoms with Gasteiger partial charge in [0, 0.05) is 29.7 Å². The van der Waals surface area contributed by atoms with E-state index >= 15 is 0 Å². The second-order valence-electron chi connectivity index (χ2n) is 7.81. The number of hydrogen-bond acceptors (Lipinski definition) is 4. The third-order valence-corrected chi connectivity index (χ3v) is 6.75. The summed E-state index contributed by atoms with van der Waals surface area (Å²) in [6.45, 7) is 7.44. The maximum atomic E-state index is 10.5. The molecule has 0 aliphatic carbocycles. The minimum atomic E-state index is -0.530. The highest BCUT2D eigenvalue weighted by atomic mass is 32.1. The van der Waals surface area contributed by atoms with Crippen LogP contribution in [-0.4, -0.2) is 55.7 Å². The van der Waals surface area contributed by atoms with Crippen LogP contribution >= 0.6 is 11.3 Å². The fourth-order valence-corrected chi connectivity index (χ4v) is 4.68. The third kappa shape index (κ3) is 6.19. The predicted molar refractivity (Wildman–Crippen MR) is 120 cm³/mol. The van der Waals surface area contributed by atoms with Crippen molar-refractivity contribution >= 4 is 27.4 Å². The van der Waals surface area contributed by atoms with E-state index < -0.39 is 6.10 Å². The number of thiophene rings is 1. The van der Waals surface area contributed by atoms with E-state index in [0.717, 1.165) is 29.7 Å². The van der Waals surface area contributed by atoms with E-state index in [0.29, 0.717) is 6.54 Å². The van der Waals surface area contributed by atoms with Gasteiger partial charge in [0.15, 0.2) is 5.96 Å². The lowest BCUT2D eigenvalue weighted by Crippen LogP contribution is -2.40. The molecule has 1 aliphatic heterocycles. The molecule has 3 rings (SSSR count). The normalized spacial score (nSPS) is 17.8. The summed E-state index contributed by atoms with van der Waals surface area (Å²) in [5.41, 5.74) is 0. The number of aliphatic hydroxyl groups is 1. The van der Waals surface area contributed by atoms with E-state index in [2.05, 4.69) is 45.6 Å². The zero-order valence-electron chi connectivity index (χ0n) is 17.2. The number of benzene rings is 1. The first-order chi connectivity index (χ1) is 13.7. The van der Waals surface area contributed by atoms with Crippen LogP contribution in [0.3, 0.4) is 0 Å². The van der Waals surface area contributed by atoms with E-state index in [1.807, 2.05) is 12.1 Å². The second kappa shape index (κ2) is 10.8. The molecule has 0 saturated carbocycles. The molecule has 3 N–H and O–H groups in total. The van der Waals surface area contributed by atoms with Crippen molar-refractivity contribution in [3.8, 4) is 0 Å². The minimum absolute atomic E-state index is 0.457. The number of hydrogen-bond donors (Lipinski definition) is 3. The van der Waals surface area contributed by atoms with Gasteiger partial charge in [-0.2, -0.15) is 0 Å². The van der Waals surface area contributed by atoms with Crippen LogP contribution in [0.15, 0.2) is 35.3 Å². The van der Waals surface area contributed by atoms with Crippen LogP contribution < -0.4 is 10.6 Å². The van der Waals surface area contributed by atoms with Crippen LogP contribution in [0, 0.1) is 5.92 Å². The molecule has 5 nitrogen and oxygen atoms in total. The van der Waals surface area contributed by atoms with Crippen molar-refractivity contribution < 1.29 is 5.11 Å². The molecule has 1 aromatic carbocycles. The summed E-state index contributed by atoms with van der Waals surface area (Å²) in [5, 5.41) is 18.3. The summed E-state index contributed by atoms with van der Waals surface area (Å²) in [6.07, 6.45) is 4.50. The number of fused-ring (bicyclic) bond motifs is 1. The monoisotopic (exact) mass is 402 g/mol. The quantitative estimate of drug-likeness (QED) is 0.359. The van der Waals surface area contributed by atoms with Crippen molar-refractivity contribution in [1.82, 2.24) is 15.5 Å². The molecule has 2 heterocycles. The van der Waals surface area contributed by atoms with Crippen molar-refractivity contribution in [2.24, 2.45) is 10.9 Å². The standard InChI is InChI=1S/C22H34N4OS/c1-17-9-13-26(14-10-17)12-6-5-11-24-22(23-2)25-16-19(27)21-15-18-7-3-4-8-20(18)28-21/h3-4,7-8,15,17,19,27H,5-6,9-14,16H2,1-2H3,(H2,23,24,25). The number of nitrogens with zero attached hydrogens (tertiary/aromatic N) is 2. The minimum Gasteiger partial charge on any atom is -0.386 e. The molecule has 6 heteroatoms. The molecule has 1 unspecified atom stereocenters. The zero-order chi connectivity index (χ0) is 19.8. The first kappa shape index (κ1) is 21.1. The maximum absolute atomic E-state index is 10.5. The molecule has 2 aromatic rings. The first-order valence-corrected chi connectivity index (χ1v) is 11.3. The Bertz CT molecular complexity index is 719. The summed E-state index contributed by atoms with van der Waals surface area (Å²) in [7, 11) is 1.77. The molecular formula is C22H34N4OS. The van der Waals surface area contributed by atoms with Crippen molar-refractivity contribution in [3.05, 3.63) is 35.2 Å². The number of rotatable bonds is 8. The Morgan fingerprint density at radius 2 is 2.04 bits per heavy atom. The Labute approximate surface area is 172 Å². The van der Waals surface area contributed by atoms with Crippen LogP contribution in [0.2, 0.25) is 0 Å². The molecule has 0 bridgehead atoms. The average Bonchev–Trinajstić information content (AvgIpc) is 3.15. The molecule has 1 aromatic heterocycles. The van der Waals surface area contributed by atoms with Crippen LogP contribution in [0.25, 0.3) is 10.1 Å². The van der Waals surface area contributed by atoms with Gasteiger partial charge in [-0.15, -0.1) is 11.3 Å². The summed E-state index contributed by atoms with van der Waals surface area (Å²) in [4.78, 5) is 7.85. The van der Waals surface area contributed by atoms with Gasteiger partial charge in [-0.05, 0) is 68.8 Å². The molecule has 1 aliphatic rings. The lowest BCUT2D eigenvalue weighted by molar-refractivity contribution is 0.184. The highest BCUT2D eigenvalue weighted by Gasteiger charge is 2.15. The van der Waals surface area contributed by atoms with E-state index in [-0.39, 0.29) is 0 Å². The number of aliphatic hydroxyl groups excluding tert-OH is 1. The Morgan fingerprint density at radius 3 is 2.79 bits per heavy atom. The van der Waals surface area contributed by atoms with Crippen molar-refractivity contribution in [2.75, 3.05) is 39.8 Å². The summed E-state index contributed by atoms with van der Waals surface area (Å²) >= 11 is 1.65. The molecule has 154 valence electrons. The molecule has 1 fully saturated rings. The summed E-state index contributed by atoms with van der Waals surface area (Å²) in [6, 6.07) is 10.3. The average molecular weight is 403 g/mol. The van der Waals surface area contributed by atoms with E-state index in [1.165, 1.54) is 49.0 Å². The topological polar surface area (TPSA) is 59.9 Å². The van der Waals surface area contributed by atoms with Gasteiger partial charge in [0.2, 0.25) is 0 Å². The van der Waals surface area contributed by atoms with Crippen LogP contribution in [-0.2, 0) is 0 Å². The Kier molecular flexibility index (Phi) is 8.13. The summed E-state index contributed by atoms with van der Waals surface area (Å²) in [5.74, 6) is 1.65. The molecule has 0 spiro atoms. The van der Waals surface area contributed by atoms with E-state index in [4.69, 9.17) is 0 Å². The molecule has 28 heavy (non-hydrogen) atoms. The van der Waals surface area contributed by atoms with Gasteiger partial charge < -0.3 is 20.6 Å². The Balaban J connectivity index is 1.33. The predicted octanol–water partition coefficient (Wildman–Crippen LogP) is 3.61. The van der Waals surface area contributed by atoms with Crippen molar-refractivity contribution in [1.29, 1.82) is 0 Å². The van der Waals surface area contributed by atoms with Crippen LogP contribution in [0.4, 0.5) is 0 Å². The van der Waals surface area contributed by atoms with Gasteiger partial charge in [0.25, 0.3) is 0 Å². The molecule has 1 atom stereocenters. The number of unbranched alkanes of at least 4 members (excludes halogenated alkanes) is 1. The first-order valence-electron chi connectivity index (χ1n) is 10.5. The molecule has 0 amide bonds. The fraction of sp³-hybridized carbons (Fsp3) is 0.591. The van der Waals surface area contributed by atoms with Gasteiger partial charge in [-0.1, -0.05) is 25.1 Å². The highest BCUT2D eigenvalue weighted by Crippen LogP contribution is 2.29. The van der Waals surface area contributed by atoms with Gasteiger partial charge in [-0.3, -0.25) is 4.99 Å². The van der Waals surface area contributed by atoms with Gasteiger partial charge in [-0.25, -0.2) is 0 Å². The Hall–Kier alpha value is -1.63. The van der Waals surface area contributed by atoms with E-state index in [9.17, 15) is 5.11 Å². The maximum Gasteiger partial charge on any atom is 0.191 e. The van der Waals surface area contributed by atoms with Gasteiger partial charge in [0.1, 0.15) is 6.10 Å². The van der Waals surface area contributed by atoms with Crippen LogP contribution in [0.5, 0.6) is 0 Å². The molecule has 1 saturated heterocycles. The fourth-order valence-electron chi connectivity index (χ4n) is 3.63. The number of piperidine rings is 1. The Morgan fingerprint density at radius 1 is 1.25 bits per heavy atom. The van der Waals surface area contributed by atoms with Gasteiger partial charge in [0.05, 0.1) is 0 Å². The van der Waals surface area contributed by atoms with Crippen molar-refractivity contribution in [2.45, 2.75) is 38.7 Å². The van der Waals surface area contributed by atoms with Crippen LogP contribution in [0.1, 0.15) is 43.6 Å². The van der Waals surface area contributed by atoms with E-state index in [1.54, 1.807) is 18.4 Å². The highest BCUT2D eigenvalue weighted by molar-refractivity contribution is 7.19. The number of guanidine groups is 1. The molecule has 0 radical (unpaired) electrons. The second-order valence-corrected chi connectivity index (χ2v) is 8.93. The lowest BCUT2D eigenvalue weighted by Gasteiger charge is -2.30. The largest absolute Gasteiger partial charge is 0.386 e. The SMILES string of the molecule is CN=C(NCCCCN1CCC(C)CC1)NCC(O)c1cc2ccccc2s1. The van der Waals surface area contributed by atoms with Gasteiger partial charge >= 0.3 is 0 Å². The zero-order valence-corrected chi connectivity index (χ0v) is 18.0. The molecular weight excluding hydrogens is 368 g/mol. The smallest absolute Gasteiger partial charge is 0.191 e. The third-order valence-electron chi connectivity index (χ3n) is 5.53.